The number of amides is 1. The fraction of sp³-hybridized carbons (Fsp3) is 0.500. The van der Waals surface area contributed by atoms with Crippen LogP contribution in [0.3, 0.4) is 0 Å². The van der Waals surface area contributed by atoms with Crippen LogP contribution in [-0.2, 0) is 11.3 Å². The maximum atomic E-state index is 11.7. The molecule has 0 unspecified atom stereocenters. The van der Waals surface area contributed by atoms with Crippen LogP contribution < -0.4 is 16.6 Å². The van der Waals surface area contributed by atoms with E-state index in [1.807, 2.05) is 6.92 Å². The van der Waals surface area contributed by atoms with E-state index in [9.17, 15) is 9.59 Å². The average molecular weight is 235 g/mol. The summed E-state index contributed by atoms with van der Waals surface area (Å²) in [5.74, 6) is -0.167. The summed E-state index contributed by atoms with van der Waals surface area (Å²) in [4.78, 5) is 23.2. The highest BCUT2D eigenvalue weighted by Crippen LogP contribution is 2.33. The number of aryl methyl sites for hydroxylation is 1. The minimum absolute atomic E-state index is 0.0567. The SMILES string of the molecule is CCCn1cc(NC(=O)C2(N)CC2)ccc1=O. The van der Waals surface area contributed by atoms with Crippen LogP contribution in [0.4, 0.5) is 5.69 Å². The maximum absolute atomic E-state index is 11.7. The summed E-state index contributed by atoms with van der Waals surface area (Å²) in [6, 6.07) is 3.07. The molecule has 1 aliphatic carbocycles. The first-order valence-corrected chi connectivity index (χ1v) is 5.86. The second kappa shape index (κ2) is 4.33. The third-order valence-electron chi connectivity index (χ3n) is 2.95. The molecule has 17 heavy (non-hydrogen) atoms. The van der Waals surface area contributed by atoms with Gasteiger partial charge < -0.3 is 15.6 Å². The molecule has 0 aromatic carbocycles. The Hall–Kier alpha value is -1.62. The fourth-order valence-electron chi connectivity index (χ4n) is 1.64. The Kier molecular flexibility index (Phi) is 3.02. The largest absolute Gasteiger partial charge is 0.323 e. The number of anilines is 1. The minimum Gasteiger partial charge on any atom is -0.323 e. The summed E-state index contributed by atoms with van der Waals surface area (Å²) in [7, 11) is 0. The van der Waals surface area contributed by atoms with Gasteiger partial charge in [-0.15, -0.1) is 0 Å². The molecular weight excluding hydrogens is 218 g/mol. The molecule has 1 aromatic rings. The van der Waals surface area contributed by atoms with E-state index in [0.29, 0.717) is 12.2 Å². The molecule has 1 amide bonds. The van der Waals surface area contributed by atoms with E-state index >= 15 is 0 Å². The van der Waals surface area contributed by atoms with Gasteiger partial charge in [0.2, 0.25) is 5.91 Å². The topological polar surface area (TPSA) is 77.1 Å². The Morgan fingerprint density at radius 3 is 2.82 bits per heavy atom. The molecule has 0 bridgehead atoms. The predicted molar refractivity (Wildman–Crippen MR) is 65.8 cm³/mol. The highest BCUT2D eigenvalue weighted by atomic mass is 16.2. The van der Waals surface area contributed by atoms with Gasteiger partial charge in [-0.05, 0) is 25.3 Å². The van der Waals surface area contributed by atoms with Crippen LogP contribution in [0.15, 0.2) is 23.1 Å². The number of hydrogen-bond donors (Lipinski definition) is 2. The summed E-state index contributed by atoms with van der Waals surface area (Å²) in [6.07, 6.45) is 3.99. The van der Waals surface area contributed by atoms with E-state index in [0.717, 1.165) is 19.3 Å². The van der Waals surface area contributed by atoms with E-state index in [1.54, 1.807) is 16.8 Å². The number of carbonyl (C=O) groups excluding carboxylic acids is 1. The Morgan fingerprint density at radius 2 is 2.24 bits per heavy atom. The second-order valence-corrected chi connectivity index (χ2v) is 4.56. The van der Waals surface area contributed by atoms with Gasteiger partial charge in [0.15, 0.2) is 0 Å². The molecule has 92 valence electrons. The Morgan fingerprint density at radius 1 is 1.53 bits per heavy atom. The first-order chi connectivity index (χ1) is 8.05. The van der Waals surface area contributed by atoms with Gasteiger partial charge in [-0.1, -0.05) is 6.92 Å². The highest BCUT2D eigenvalue weighted by molar-refractivity contribution is 5.99. The Labute approximate surface area is 99.6 Å². The molecule has 1 aromatic heterocycles. The zero-order chi connectivity index (χ0) is 12.5. The van der Waals surface area contributed by atoms with Gasteiger partial charge in [-0.2, -0.15) is 0 Å². The number of hydrogen-bond acceptors (Lipinski definition) is 3. The lowest BCUT2D eigenvalue weighted by molar-refractivity contribution is -0.118. The van der Waals surface area contributed by atoms with Crippen LogP contribution in [0.1, 0.15) is 26.2 Å². The van der Waals surface area contributed by atoms with E-state index in [-0.39, 0.29) is 11.5 Å². The zero-order valence-corrected chi connectivity index (χ0v) is 9.90. The van der Waals surface area contributed by atoms with Gasteiger partial charge in [0.25, 0.3) is 5.56 Å². The number of nitrogens with one attached hydrogen (secondary N) is 1. The second-order valence-electron chi connectivity index (χ2n) is 4.56. The van der Waals surface area contributed by atoms with Crippen molar-refractivity contribution in [3.63, 3.8) is 0 Å². The van der Waals surface area contributed by atoms with Crippen molar-refractivity contribution in [1.82, 2.24) is 4.57 Å². The average Bonchev–Trinajstić information content (AvgIpc) is 3.03. The van der Waals surface area contributed by atoms with Crippen molar-refractivity contribution in [2.45, 2.75) is 38.3 Å². The molecule has 1 heterocycles. The molecular formula is C12H17N3O2. The first kappa shape index (κ1) is 11.9. The molecule has 3 N–H and O–H groups in total. The van der Waals surface area contributed by atoms with Crippen LogP contribution in [0.25, 0.3) is 0 Å². The Balaban J connectivity index is 2.13. The molecule has 2 rings (SSSR count). The van der Waals surface area contributed by atoms with E-state index in [1.165, 1.54) is 6.07 Å². The monoisotopic (exact) mass is 235 g/mol. The smallest absolute Gasteiger partial charge is 0.250 e. The molecule has 0 saturated heterocycles. The van der Waals surface area contributed by atoms with Gasteiger partial charge >= 0.3 is 0 Å². The van der Waals surface area contributed by atoms with Gasteiger partial charge in [-0.3, -0.25) is 9.59 Å². The molecule has 1 saturated carbocycles. The lowest BCUT2D eigenvalue weighted by Crippen LogP contribution is -2.38. The van der Waals surface area contributed by atoms with Gasteiger partial charge in [0, 0.05) is 18.8 Å². The van der Waals surface area contributed by atoms with Crippen molar-refractivity contribution >= 4 is 11.6 Å². The standard InChI is InChI=1S/C12H17N3O2/c1-2-7-15-8-9(3-4-10(15)16)14-11(17)12(13)5-6-12/h3-4,8H,2,5-7,13H2,1H3,(H,14,17). The number of nitrogens with zero attached hydrogens (tertiary/aromatic N) is 1. The highest BCUT2D eigenvalue weighted by Gasteiger charge is 2.45. The number of carbonyl (C=O) groups is 1. The number of pyridine rings is 1. The van der Waals surface area contributed by atoms with Crippen molar-refractivity contribution < 1.29 is 4.79 Å². The van der Waals surface area contributed by atoms with Crippen LogP contribution in [0.2, 0.25) is 0 Å². The van der Waals surface area contributed by atoms with Gasteiger partial charge in [0.05, 0.1) is 11.2 Å². The van der Waals surface area contributed by atoms with Gasteiger partial charge in [-0.25, -0.2) is 0 Å². The Bertz CT molecular complexity index is 489. The number of nitrogens with two attached hydrogens (primary N) is 1. The molecule has 5 nitrogen and oxygen atoms in total. The molecule has 1 fully saturated rings. The summed E-state index contributed by atoms with van der Waals surface area (Å²) >= 11 is 0. The number of rotatable bonds is 4. The molecule has 0 spiro atoms. The first-order valence-electron chi connectivity index (χ1n) is 5.86. The molecule has 0 radical (unpaired) electrons. The summed E-state index contributed by atoms with van der Waals surface area (Å²) in [5.41, 5.74) is 5.66. The molecule has 1 aliphatic rings. The van der Waals surface area contributed by atoms with Crippen molar-refractivity contribution in [1.29, 1.82) is 0 Å². The third-order valence-corrected chi connectivity index (χ3v) is 2.95. The fourth-order valence-corrected chi connectivity index (χ4v) is 1.64. The molecule has 0 atom stereocenters. The number of aromatic nitrogens is 1. The van der Waals surface area contributed by atoms with Crippen LogP contribution in [-0.4, -0.2) is 16.0 Å². The minimum atomic E-state index is -0.689. The normalized spacial score (nSPS) is 16.6. The van der Waals surface area contributed by atoms with Gasteiger partial charge in [0.1, 0.15) is 0 Å². The maximum Gasteiger partial charge on any atom is 0.250 e. The lowest BCUT2D eigenvalue weighted by atomic mass is 10.2. The molecule has 0 aliphatic heterocycles. The zero-order valence-electron chi connectivity index (χ0n) is 9.90. The quantitative estimate of drug-likeness (QED) is 0.806. The summed E-state index contributed by atoms with van der Waals surface area (Å²) in [6.45, 7) is 2.65. The van der Waals surface area contributed by atoms with Crippen molar-refractivity contribution in [3.05, 3.63) is 28.7 Å². The van der Waals surface area contributed by atoms with E-state index in [4.69, 9.17) is 5.73 Å². The lowest BCUT2D eigenvalue weighted by Gasteiger charge is -2.11. The van der Waals surface area contributed by atoms with Crippen molar-refractivity contribution in [2.24, 2.45) is 5.73 Å². The van der Waals surface area contributed by atoms with Crippen LogP contribution in [0.5, 0.6) is 0 Å². The van der Waals surface area contributed by atoms with Crippen molar-refractivity contribution in [2.75, 3.05) is 5.32 Å². The van der Waals surface area contributed by atoms with Crippen LogP contribution in [0, 0.1) is 0 Å². The van der Waals surface area contributed by atoms with E-state index in [2.05, 4.69) is 5.32 Å². The summed E-state index contributed by atoms with van der Waals surface area (Å²) < 4.78 is 1.59. The van der Waals surface area contributed by atoms with Crippen LogP contribution >= 0.6 is 0 Å². The third kappa shape index (κ3) is 2.55. The van der Waals surface area contributed by atoms with E-state index < -0.39 is 5.54 Å². The molecule has 5 heteroatoms. The van der Waals surface area contributed by atoms with Crippen molar-refractivity contribution in [3.8, 4) is 0 Å². The predicted octanol–water partition coefficient (Wildman–Crippen LogP) is 0.688. The summed E-state index contributed by atoms with van der Waals surface area (Å²) in [5, 5.41) is 2.75.